The summed E-state index contributed by atoms with van der Waals surface area (Å²) < 4.78 is 4.06. The van der Waals surface area contributed by atoms with E-state index in [-0.39, 0.29) is 0 Å². The molecule has 4 aromatic rings. The predicted octanol–water partition coefficient (Wildman–Crippen LogP) is 4.63. The highest BCUT2D eigenvalue weighted by Crippen LogP contribution is 2.21. The standard InChI is InChI=1S/C20H17N3/c1-3-9-17(10-4-1)19-13-7-15-22(19)21-23-16-8-14-20(23)18-11-5-2-6-12-18/h1-16,21H. The van der Waals surface area contributed by atoms with E-state index in [0.29, 0.717) is 0 Å². The van der Waals surface area contributed by atoms with E-state index in [1.54, 1.807) is 0 Å². The Morgan fingerprint density at radius 2 is 0.913 bits per heavy atom. The molecule has 0 atom stereocenters. The molecule has 3 heteroatoms. The van der Waals surface area contributed by atoms with Crippen molar-refractivity contribution in [1.82, 2.24) is 9.35 Å². The van der Waals surface area contributed by atoms with Gasteiger partial charge in [-0.15, -0.1) is 0 Å². The van der Waals surface area contributed by atoms with Gasteiger partial charge in [0.25, 0.3) is 0 Å². The van der Waals surface area contributed by atoms with Crippen LogP contribution in [0.2, 0.25) is 0 Å². The summed E-state index contributed by atoms with van der Waals surface area (Å²) in [7, 11) is 0. The molecule has 0 aliphatic carbocycles. The first-order chi connectivity index (χ1) is 11.4. The molecule has 0 saturated heterocycles. The van der Waals surface area contributed by atoms with Gasteiger partial charge in [0.1, 0.15) is 0 Å². The van der Waals surface area contributed by atoms with Crippen molar-refractivity contribution in [3.05, 3.63) is 97.3 Å². The molecule has 2 aromatic carbocycles. The Kier molecular flexibility index (Phi) is 3.45. The molecule has 0 aliphatic heterocycles. The molecule has 0 aliphatic rings. The van der Waals surface area contributed by atoms with E-state index in [2.05, 4.69) is 66.2 Å². The number of benzene rings is 2. The van der Waals surface area contributed by atoms with Crippen molar-refractivity contribution in [2.75, 3.05) is 5.53 Å². The second-order valence-corrected chi connectivity index (χ2v) is 5.36. The highest BCUT2D eigenvalue weighted by atomic mass is 15.6. The van der Waals surface area contributed by atoms with Gasteiger partial charge in [0.2, 0.25) is 0 Å². The minimum Gasteiger partial charge on any atom is -0.248 e. The fraction of sp³-hybridized carbons (Fsp3) is 0. The van der Waals surface area contributed by atoms with Gasteiger partial charge >= 0.3 is 0 Å². The molecule has 4 rings (SSSR count). The van der Waals surface area contributed by atoms with Gasteiger partial charge in [0.15, 0.2) is 0 Å². The normalized spacial score (nSPS) is 10.6. The van der Waals surface area contributed by atoms with E-state index in [1.807, 2.05) is 46.0 Å². The molecule has 0 bridgehead atoms. The summed E-state index contributed by atoms with van der Waals surface area (Å²) in [4.78, 5) is 0. The van der Waals surface area contributed by atoms with Gasteiger partial charge in [-0.2, -0.15) is 0 Å². The smallest absolute Gasteiger partial charge is 0.0711 e. The minimum absolute atomic E-state index is 1.12. The topological polar surface area (TPSA) is 21.9 Å². The molecule has 23 heavy (non-hydrogen) atoms. The quantitative estimate of drug-likeness (QED) is 0.583. The lowest BCUT2D eigenvalue weighted by molar-refractivity contribution is 0.767. The summed E-state index contributed by atoms with van der Waals surface area (Å²) in [5.74, 6) is 0. The van der Waals surface area contributed by atoms with Gasteiger partial charge < -0.3 is 0 Å². The first-order valence-electron chi connectivity index (χ1n) is 7.64. The second kappa shape index (κ2) is 5.89. The Balaban J connectivity index is 1.69. The van der Waals surface area contributed by atoms with E-state index in [0.717, 1.165) is 11.4 Å². The molecule has 0 fully saturated rings. The van der Waals surface area contributed by atoms with Crippen LogP contribution in [0.25, 0.3) is 22.5 Å². The Bertz CT molecular complexity index is 813. The maximum atomic E-state index is 3.43. The molecule has 1 N–H and O–H groups in total. The van der Waals surface area contributed by atoms with E-state index < -0.39 is 0 Å². The summed E-state index contributed by atoms with van der Waals surface area (Å²) in [6, 6.07) is 29.0. The fourth-order valence-electron chi connectivity index (χ4n) is 2.74. The summed E-state index contributed by atoms with van der Waals surface area (Å²) in [6.07, 6.45) is 4.05. The Morgan fingerprint density at radius 3 is 1.35 bits per heavy atom. The number of hydrogen-bond donors (Lipinski definition) is 1. The summed E-state index contributed by atoms with van der Waals surface area (Å²) >= 11 is 0. The monoisotopic (exact) mass is 299 g/mol. The molecule has 0 unspecified atom stereocenters. The molecule has 0 spiro atoms. The first kappa shape index (κ1) is 13.5. The molecule has 0 saturated carbocycles. The first-order valence-corrected chi connectivity index (χ1v) is 7.64. The lowest BCUT2D eigenvalue weighted by atomic mass is 10.2. The lowest BCUT2D eigenvalue weighted by Gasteiger charge is -2.16. The average Bonchev–Trinajstić information content (AvgIpc) is 3.26. The van der Waals surface area contributed by atoms with Gasteiger partial charge in [-0.25, -0.2) is 14.9 Å². The highest BCUT2D eigenvalue weighted by molar-refractivity contribution is 5.62. The van der Waals surface area contributed by atoms with Gasteiger partial charge in [0, 0.05) is 23.5 Å². The van der Waals surface area contributed by atoms with E-state index in [1.165, 1.54) is 11.1 Å². The summed E-state index contributed by atoms with van der Waals surface area (Å²) in [5.41, 5.74) is 8.04. The molecular formula is C20H17N3. The van der Waals surface area contributed by atoms with Crippen LogP contribution in [0.1, 0.15) is 0 Å². The lowest BCUT2D eigenvalue weighted by Crippen LogP contribution is -2.21. The van der Waals surface area contributed by atoms with Crippen molar-refractivity contribution in [3.8, 4) is 22.5 Å². The van der Waals surface area contributed by atoms with Crippen LogP contribution >= 0.6 is 0 Å². The largest absolute Gasteiger partial charge is 0.248 e. The zero-order chi connectivity index (χ0) is 15.5. The van der Waals surface area contributed by atoms with Crippen molar-refractivity contribution in [2.24, 2.45) is 0 Å². The summed E-state index contributed by atoms with van der Waals surface area (Å²) in [5, 5.41) is 0. The van der Waals surface area contributed by atoms with Gasteiger partial charge in [-0.05, 0) is 24.3 Å². The molecule has 2 heterocycles. The third-order valence-corrected chi connectivity index (χ3v) is 3.85. The van der Waals surface area contributed by atoms with Crippen LogP contribution in [-0.2, 0) is 0 Å². The molecule has 112 valence electrons. The van der Waals surface area contributed by atoms with E-state index in [9.17, 15) is 0 Å². The predicted molar refractivity (Wildman–Crippen MR) is 94.5 cm³/mol. The third kappa shape index (κ3) is 2.64. The van der Waals surface area contributed by atoms with Crippen LogP contribution in [0.4, 0.5) is 0 Å². The van der Waals surface area contributed by atoms with Crippen LogP contribution in [0.5, 0.6) is 0 Å². The third-order valence-electron chi connectivity index (χ3n) is 3.85. The highest BCUT2D eigenvalue weighted by Gasteiger charge is 2.06. The van der Waals surface area contributed by atoms with E-state index in [4.69, 9.17) is 0 Å². The van der Waals surface area contributed by atoms with Crippen molar-refractivity contribution in [2.45, 2.75) is 0 Å². The van der Waals surface area contributed by atoms with Gasteiger partial charge in [-0.1, -0.05) is 60.7 Å². The van der Waals surface area contributed by atoms with Crippen LogP contribution < -0.4 is 5.53 Å². The maximum Gasteiger partial charge on any atom is 0.0711 e. The molecule has 0 radical (unpaired) electrons. The number of nitrogens with one attached hydrogen (secondary N) is 1. The minimum atomic E-state index is 1.12. The average molecular weight is 299 g/mol. The second-order valence-electron chi connectivity index (χ2n) is 5.36. The Labute approximate surface area is 135 Å². The Hall–Kier alpha value is -3.20. The maximum absolute atomic E-state index is 3.43. The van der Waals surface area contributed by atoms with Crippen LogP contribution in [0, 0.1) is 0 Å². The number of hydrogen-bond acceptors (Lipinski definition) is 1. The van der Waals surface area contributed by atoms with Crippen molar-refractivity contribution in [1.29, 1.82) is 0 Å². The van der Waals surface area contributed by atoms with Crippen molar-refractivity contribution >= 4 is 0 Å². The van der Waals surface area contributed by atoms with Crippen LogP contribution in [-0.4, -0.2) is 9.35 Å². The molecule has 2 aromatic heterocycles. The zero-order valence-corrected chi connectivity index (χ0v) is 12.6. The zero-order valence-electron chi connectivity index (χ0n) is 12.6. The van der Waals surface area contributed by atoms with Crippen molar-refractivity contribution < 1.29 is 0 Å². The number of aromatic nitrogens is 2. The Morgan fingerprint density at radius 1 is 0.478 bits per heavy atom. The SMILES string of the molecule is c1ccc(-c2cccn2Nn2cccc2-c2ccccc2)cc1. The van der Waals surface area contributed by atoms with Gasteiger partial charge in [0.05, 0.1) is 11.4 Å². The van der Waals surface area contributed by atoms with Crippen LogP contribution in [0.3, 0.4) is 0 Å². The molecular weight excluding hydrogens is 282 g/mol. The van der Waals surface area contributed by atoms with Crippen molar-refractivity contribution in [3.63, 3.8) is 0 Å². The molecule has 0 amide bonds. The summed E-state index contributed by atoms with van der Waals surface area (Å²) in [6.45, 7) is 0. The molecule has 3 nitrogen and oxygen atoms in total. The van der Waals surface area contributed by atoms with Crippen LogP contribution in [0.15, 0.2) is 97.3 Å². The number of rotatable bonds is 4. The van der Waals surface area contributed by atoms with Gasteiger partial charge in [-0.3, -0.25) is 0 Å². The fourth-order valence-corrected chi connectivity index (χ4v) is 2.74. The number of nitrogens with zero attached hydrogens (tertiary/aromatic N) is 2. The van der Waals surface area contributed by atoms with E-state index >= 15 is 0 Å².